The predicted molar refractivity (Wildman–Crippen MR) is 141 cm³/mol. The smallest absolute Gasteiger partial charge is 0.486 e. The number of aromatic nitrogens is 2. The third-order valence-electron chi connectivity index (χ3n) is 7.03. The van der Waals surface area contributed by atoms with Crippen molar-refractivity contribution in [2.45, 2.75) is 51.2 Å². The molecular weight excluding hydrogens is 565 g/mol. The minimum Gasteiger partial charge on any atom is -0.486 e. The van der Waals surface area contributed by atoms with Crippen molar-refractivity contribution < 1.29 is 45.7 Å². The van der Waals surface area contributed by atoms with E-state index in [0.717, 1.165) is 0 Å². The van der Waals surface area contributed by atoms with Gasteiger partial charge in [-0.1, -0.05) is 18.7 Å². The van der Waals surface area contributed by atoms with Crippen LogP contribution < -0.4 is 19.1 Å². The minimum atomic E-state index is -4.66. The van der Waals surface area contributed by atoms with Gasteiger partial charge in [-0.2, -0.15) is 18.3 Å². The zero-order valence-electron chi connectivity index (χ0n) is 22.8. The number of hydrogen-bond acceptors (Lipinski definition) is 7. The molecule has 3 heterocycles. The van der Waals surface area contributed by atoms with Crippen LogP contribution in [0.2, 0.25) is 0 Å². The molecule has 2 aromatic carbocycles. The number of ether oxygens (including phenoxy) is 4. The molecule has 0 radical (unpaired) electrons. The average Bonchev–Trinajstić information content (AvgIpc) is 3.49. The first kappa shape index (κ1) is 29.2. The Kier molecular flexibility index (Phi) is 7.78. The maximum absolute atomic E-state index is 14.1. The quantitative estimate of drug-likeness (QED) is 0.157. The number of benzene rings is 2. The van der Waals surface area contributed by atoms with Crippen LogP contribution in [0, 0.1) is 0 Å². The molecule has 0 bridgehead atoms. The second kappa shape index (κ2) is 11.2. The molecule has 42 heavy (non-hydrogen) atoms. The van der Waals surface area contributed by atoms with Crippen molar-refractivity contribution in [2.75, 3.05) is 25.1 Å². The molecule has 0 fully saturated rings. The van der Waals surface area contributed by atoms with Crippen LogP contribution in [0.3, 0.4) is 0 Å². The Morgan fingerprint density at radius 2 is 1.93 bits per heavy atom. The molecule has 0 saturated heterocycles. The maximum atomic E-state index is 14.1. The summed E-state index contributed by atoms with van der Waals surface area (Å²) in [4.78, 5) is 13.5. The molecule has 0 spiro atoms. The van der Waals surface area contributed by atoms with Crippen molar-refractivity contribution in [3.05, 3.63) is 71.4 Å². The predicted octanol–water partition coefficient (Wildman–Crippen LogP) is 6.61. The Balaban J connectivity index is 1.41. The number of anilines is 1. The first-order chi connectivity index (χ1) is 19.9. The average molecular weight is 594 g/mol. The van der Waals surface area contributed by atoms with Crippen LogP contribution in [0.5, 0.6) is 17.2 Å². The number of halogens is 5. The topological polar surface area (TPSA) is 75.0 Å². The summed E-state index contributed by atoms with van der Waals surface area (Å²) in [6.45, 7) is 6.30. The molecule has 1 atom stereocenters. The lowest BCUT2D eigenvalue weighted by Gasteiger charge is -2.30. The van der Waals surface area contributed by atoms with Crippen LogP contribution in [0.4, 0.5) is 27.8 Å². The number of methoxy groups -OCH3 is 1. The fourth-order valence-electron chi connectivity index (χ4n) is 5.08. The SMILES string of the molecule is C=C(CCCN1CCCc2c(C(F)(F)F)nn(-c3cccc(OC(C)c4ccc5c(c4)OC(F)(F)O5)c3)c21)C(=O)OC. The summed E-state index contributed by atoms with van der Waals surface area (Å²) >= 11 is 0. The second-order valence-electron chi connectivity index (χ2n) is 9.98. The van der Waals surface area contributed by atoms with Gasteiger partial charge in [0.25, 0.3) is 0 Å². The first-order valence-corrected chi connectivity index (χ1v) is 13.2. The fourth-order valence-corrected chi connectivity index (χ4v) is 5.08. The fraction of sp³-hybridized carbons (Fsp3) is 0.379. The zero-order valence-corrected chi connectivity index (χ0v) is 22.8. The van der Waals surface area contributed by atoms with Gasteiger partial charge >= 0.3 is 18.4 Å². The van der Waals surface area contributed by atoms with Gasteiger partial charge in [-0.3, -0.25) is 0 Å². The molecule has 0 N–H and O–H groups in total. The standard InChI is InChI=1S/C29H28F5N3O5/c1-17(27(38)39-3)7-5-13-36-14-6-10-22-25(28(30,31)32)35-37(26(22)36)20-8-4-9-21(16-20)40-18(2)19-11-12-23-24(15-19)42-29(33,34)41-23/h4,8-9,11-12,15-16,18H,1,5-7,10,13-14H2,2-3H3. The van der Waals surface area contributed by atoms with Crippen LogP contribution >= 0.6 is 0 Å². The van der Waals surface area contributed by atoms with Crippen molar-refractivity contribution in [2.24, 2.45) is 0 Å². The monoisotopic (exact) mass is 593 g/mol. The second-order valence-corrected chi connectivity index (χ2v) is 9.98. The van der Waals surface area contributed by atoms with Crippen LogP contribution in [-0.4, -0.2) is 42.2 Å². The number of hydrogen-bond donors (Lipinski definition) is 0. The van der Waals surface area contributed by atoms with E-state index in [1.165, 1.54) is 23.9 Å². The number of alkyl halides is 5. The Morgan fingerprint density at radius 1 is 1.17 bits per heavy atom. The van der Waals surface area contributed by atoms with Gasteiger partial charge in [-0.05, 0) is 62.4 Å². The summed E-state index contributed by atoms with van der Waals surface area (Å²) < 4.78 is 89.9. The van der Waals surface area contributed by atoms with Gasteiger partial charge in [0.05, 0.1) is 12.8 Å². The minimum absolute atomic E-state index is 0.0963. The molecule has 3 aromatic rings. The van der Waals surface area contributed by atoms with Crippen LogP contribution in [0.1, 0.15) is 49.1 Å². The number of rotatable bonds is 9. The summed E-state index contributed by atoms with van der Waals surface area (Å²) in [5.74, 6) is -0.0824. The molecule has 1 aromatic heterocycles. The van der Waals surface area contributed by atoms with Gasteiger partial charge in [-0.25, -0.2) is 9.48 Å². The lowest BCUT2D eigenvalue weighted by molar-refractivity contribution is -0.286. The summed E-state index contributed by atoms with van der Waals surface area (Å²) in [7, 11) is 1.26. The van der Waals surface area contributed by atoms with E-state index in [1.807, 2.05) is 4.90 Å². The highest BCUT2D eigenvalue weighted by Gasteiger charge is 2.44. The molecule has 224 valence electrons. The highest BCUT2D eigenvalue weighted by Crippen LogP contribution is 2.43. The van der Waals surface area contributed by atoms with Crippen LogP contribution in [0.15, 0.2) is 54.6 Å². The number of esters is 1. The highest BCUT2D eigenvalue weighted by atomic mass is 19.4. The number of fused-ring (bicyclic) bond motifs is 2. The van der Waals surface area contributed by atoms with E-state index in [-0.39, 0.29) is 29.1 Å². The molecule has 13 heteroatoms. The summed E-state index contributed by atoms with van der Waals surface area (Å²) in [5.41, 5.74) is 0.323. The molecule has 5 rings (SSSR count). The molecule has 0 saturated carbocycles. The zero-order chi connectivity index (χ0) is 30.2. The Bertz CT molecular complexity index is 1500. The van der Waals surface area contributed by atoms with Gasteiger partial charge in [0.15, 0.2) is 17.2 Å². The molecule has 2 aliphatic heterocycles. The van der Waals surface area contributed by atoms with Crippen molar-refractivity contribution in [3.8, 4) is 22.9 Å². The van der Waals surface area contributed by atoms with E-state index in [2.05, 4.69) is 25.9 Å². The molecule has 1 unspecified atom stereocenters. The largest absolute Gasteiger partial charge is 0.586 e. The van der Waals surface area contributed by atoms with Crippen molar-refractivity contribution >= 4 is 11.8 Å². The molecule has 0 aliphatic carbocycles. The number of nitrogens with zero attached hydrogens (tertiary/aromatic N) is 3. The Hall–Kier alpha value is -4.29. The Morgan fingerprint density at radius 3 is 2.67 bits per heavy atom. The normalized spacial score (nSPS) is 16.1. The Labute approximate surface area is 238 Å². The van der Waals surface area contributed by atoms with Crippen LogP contribution in [0.25, 0.3) is 5.69 Å². The summed E-state index contributed by atoms with van der Waals surface area (Å²) in [6.07, 6.45) is -7.50. The van der Waals surface area contributed by atoms with Gasteiger partial charge in [0.2, 0.25) is 0 Å². The number of carbonyl (C=O) groups excluding carboxylic acids is 1. The van der Waals surface area contributed by atoms with Gasteiger partial charge in [0, 0.05) is 30.3 Å². The van der Waals surface area contributed by atoms with Crippen molar-refractivity contribution in [1.82, 2.24) is 9.78 Å². The van der Waals surface area contributed by atoms with Crippen LogP contribution in [-0.2, 0) is 22.1 Å². The highest BCUT2D eigenvalue weighted by molar-refractivity contribution is 5.87. The third kappa shape index (κ3) is 6.00. The first-order valence-electron chi connectivity index (χ1n) is 13.2. The van der Waals surface area contributed by atoms with Gasteiger partial charge in [0.1, 0.15) is 17.7 Å². The lowest BCUT2D eigenvalue weighted by Crippen LogP contribution is -2.32. The lowest BCUT2D eigenvalue weighted by atomic mass is 10.0. The van der Waals surface area contributed by atoms with E-state index in [9.17, 15) is 26.7 Å². The van der Waals surface area contributed by atoms with E-state index in [0.29, 0.717) is 55.2 Å². The van der Waals surface area contributed by atoms with Crippen molar-refractivity contribution in [3.63, 3.8) is 0 Å². The van der Waals surface area contributed by atoms with E-state index >= 15 is 0 Å². The maximum Gasteiger partial charge on any atom is 0.586 e. The van der Waals surface area contributed by atoms with E-state index in [4.69, 9.17) is 4.74 Å². The van der Waals surface area contributed by atoms with Gasteiger partial charge < -0.3 is 23.8 Å². The van der Waals surface area contributed by atoms with Crippen molar-refractivity contribution in [1.29, 1.82) is 0 Å². The third-order valence-corrected chi connectivity index (χ3v) is 7.03. The molecule has 2 aliphatic rings. The summed E-state index contributed by atoms with van der Waals surface area (Å²) in [5, 5.41) is 4.00. The van der Waals surface area contributed by atoms with E-state index in [1.54, 1.807) is 37.3 Å². The van der Waals surface area contributed by atoms with E-state index < -0.39 is 30.2 Å². The molecular formula is C29H28F5N3O5. The molecule has 0 amide bonds. The molecule has 8 nitrogen and oxygen atoms in total. The van der Waals surface area contributed by atoms with Gasteiger partial charge in [-0.15, -0.1) is 8.78 Å². The number of carbonyl (C=O) groups is 1. The summed E-state index contributed by atoms with van der Waals surface area (Å²) in [6, 6.07) is 10.8.